The molecule has 3 rings (SSSR count). The fraction of sp³-hybridized carbons (Fsp3) is 0.684. The molecule has 3 fully saturated rings. The smallest absolute Gasteiger partial charge is 0.309 e. The lowest BCUT2D eigenvalue weighted by atomic mass is 9.79. The Morgan fingerprint density at radius 2 is 2.04 bits per heavy atom. The lowest BCUT2D eigenvalue weighted by molar-refractivity contribution is -0.157. The van der Waals surface area contributed by atoms with Crippen molar-refractivity contribution in [3.05, 3.63) is 24.3 Å². The molecule has 7 atom stereocenters. The Balaban J connectivity index is 1.97. The van der Waals surface area contributed by atoms with Gasteiger partial charge in [-0.05, 0) is 17.9 Å². The van der Waals surface area contributed by atoms with Crippen molar-refractivity contribution in [3.63, 3.8) is 0 Å². The van der Waals surface area contributed by atoms with Crippen LogP contribution in [-0.2, 0) is 19.1 Å². The molecule has 0 bridgehead atoms. The second kappa shape index (κ2) is 6.03. The summed E-state index contributed by atoms with van der Waals surface area (Å²) < 4.78 is 11.4. The summed E-state index contributed by atoms with van der Waals surface area (Å²) in [6, 6.07) is 0. The van der Waals surface area contributed by atoms with E-state index in [9.17, 15) is 14.7 Å². The van der Waals surface area contributed by atoms with Crippen molar-refractivity contribution in [2.45, 2.75) is 51.9 Å². The second-order valence-electron chi connectivity index (χ2n) is 7.72. The van der Waals surface area contributed by atoms with E-state index >= 15 is 0 Å². The summed E-state index contributed by atoms with van der Waals surface area (Å²) in [5, 5.41) is 10.2. The molecule has 1 N–H and O–H groups in total. The summed E-state index contributed by atoms with van der Waals surface area (Å²) in [4.78, 5) is 24.3. The third kappa shape index (κ3) is 2.59. The van der Waals surface area contributed by atoms with Crippen molar-refractivity contribution in [3.8, 4) is 0 Å². The standard InChI is InChI=1S/C19H26O5/c1-8(2)18(21)23-14-6-9(3)12-7-13(20)10(4)15(12)17-16(14)11(5)19(22)24-17/h8,11-17,20H,3-4,6-7H2,1-2,5H3. The normalized spacial score (nSPS) is 41.7. The summed E-state index contributed by atoms with van der Waals surface area (Å²) in [6.07, 6.45) is -0.382. The number of ether oxygens (including phenoxy) is 2. The first-order valence-corrected chi connectivity index (χ1v) is 8.67. The van der Waals surface area contributed by atoms with E-state index in [1.54, 1.807) is 13.8 Å². The third-order valence-corrected chi connectivity index (χ3v) is 5.86. The fourth-order valence-corrected chi connectivity index (χ4v) is 4.44. The van der Waals surface area contributed by atoms with Crippen molar-refractivity contribution in [1.82, 2.24) is 0 Å². The minimum Gasteiger partial charge on any atom is -0.461 e. The van der Waals surface area contributed by atoms with Crippen LogP contribution in [0.25, 0.3) is 0 Å². The molecule has 0 spiro atoms. The van der Waals surface area contributed by atoms with Crippen LogP contribution >= 0.6 is 0 Å². The van der Waals surface area contributed by atoms with Crippen LogP contribution in [0.15, 0.2) is 24.3 Å². The number of carbonyl (C=O) groups is 2. The molecule has 0 aromatic carbocycles. The number of hydrogen-bond acceptors (Lipinski definition) is 5. The Morgan fingerprint density at radius 3 is 2.67 bits per heavy atom. The Labute approximate surface area is 142 Å². The van der Waals surface area contributed by atoms with Crippen molar-refractivity contribution in [2.75, 3.05) is 0 Å². The summed E-state index contributed by atoms with van der Waals surface area (Å²) in [7, 11) is 0. The van der Waals surface area contributed by atoms with Crippen LogP contribution < -0.4 is 0 Å². The maximum atomic E-state index is 12.2. The third-order valence-electron chi connectivity index (χ3n) is 5.86. The highest BCUT2D eigenvalue weighted by atomic mass is 16.6. The van der Waals surface area contributed by atoms with Crippen LogP contribution in [0.3, 0.4) is 0 Å². The van der Waals surface area contributed by atoms with Gasteiger partial charge in [0.05, 0.1) is 17.9 Å². The zero-order valence-corrected chi connectivity index (χ0v) is 14.5. The maximum Gasteiger partial charge on any atom is 0.309 e. The Kier molecular flexibility index (Phi) is 4.32. The van der Waals surface area contributed by atoms with Gasteiger partial charge < -0.3 is 14.6 Å². The topological polar surface area (TPSA) is 72.8 Å². The number of fused-ring (bicyclic) bond motifs is 3. The minimum absolute atomic E-state index is 0.0147. The molecule has 2 aliphatic carbocycles. The summed E-state index contributed by atoms with van der Waals surface area (Å²) in [5.74, 6) is -1.48. The van der Waals surface area contributed by atoms with Crippen molar-refractivity contribution in [1.29, 1.82) is 0 Å². The largest absolute Gasteiger partial charge is 0.461 e. The van der Waals surface area contributed by atoms with E-state index in [0.29, 0.717) is 18.4 Å². The van der Waals surface area contributed by atoms with E-state index in [-0.39, 0.29) is 41.5 Å². The predicted octanol–water partition coefficient (Wildman–Crippen LogP) is 2.25. The molecule has 0 aromatic rings. The Bertz CT molecular complexity index is 593. The summed E-state index contributed by atoms with van der Waals surface area (Å²) in [6.45, 7) is 13.6. The van der Waals surface area contributed by atoms with E-state index in [1.807, 2.05) is 6.92 Å². The molecule has 5 heteroatoms. The first kappa shape index (κ1) is 17.2. The van der Waals surface area contributed by atoms with Gasteiger partial charge in [-0.2, -0.15) is 0 Å². The van der Waals surface area contributed by atoms with E-state index in [2.05, 4.69) is 13.2 Å². The first-order chi connectivity index (χ1) is 11.2. The lowest BCUT2D eigenvalue weighted by Gasteiger charge is -2.29. The molecule has 1 heterocycles. The molecule has 1 aliphatic heterocycles. The highest BCUT2D eigenvalue weighted by Crippen LogP contribution is 2.52. The molecular formula is C19H26O5. The molecular weight excluding hydrogens is 308 g/mol. The first-order valence-electron chi connectivity index (χ1n) is 8.67. The summed E-state index contributed by atoms with van der Waals surface area (Å²) >= 11 is 0. The van der Waals surface area contributed by atoms with Gasteiger partial charge >= 0.3 is 11.9 Å². The fourth-order valence-electron chi connectivity index (χ4n) is 4.44. The maximum absolute atomic E-state index is 12.2. The van der Waals surface area contributed by atoms with E-state index in [4.69, 9.17) is 9.47 Å². The summed E-state index contributed by atoms with van der Waals surface area (Å²) in [5.41, 5.74) is 1.64. The quantitative estimate of drug-likeness (QED) is 0.619. The van der Waals surface area contributed by atoms with Crippen molar-refractivity contribution < 1.29 is 24.2 Å². The minimum atomic E-state index is -0.596. The molecule has 0 aromatic heterocycles. The van der Waals surface area contributed by atoms with Crippen LogP contribution in [0.4, 0.5) is 0 Å². The number of aliphatic hydroxyl groups is 1. The van der Waals surface area contributed by atoms with Gasteiger partial charge in [0.1, 0.15) is 12.2 Å². The van der Waals surface area contributed by atoms with Gasteiger partial charge in [-0.25, -0.2) is 0 Å². The average Bonchev–Trinajstić information content (AvgIpc) is 2.92. The number of carbonyl (C=O) groups excluding carboxylic acids is 2. The van der Waals surface area contributed by atoms with E-state index in [1.165, 1.54) is 0 Å². The second-order valence-corrected chi connectivity index (χ2v) is 7.72. The highest BCUT2D eigenvalue weighted by Gasteiger charge is 2.57. The molecule has 0 radical (unpaired) electrons. The number of hydrogen-bond donors (Lipinski definition) is 1. The predicted molar refractivity (Wildman–Crippen MR) is 87.8 cm³/mol. The van der Waals surface area contributed by atoms with Gasteiger partial charge in [0, 0.05) is 18.3 Å². The zero-order chi connectivity index (χ0) is 17.8. The van der Waals surface area contributed by atoms with E-state index < -0.39 is 18.3 Å². The van der Waals surface area contributed by atoms with Gasteiger partial charge in [0.2, 0.25) is 0 Å². The van der Waals surface area contributed by atoms with Gasteiger partial charge in [-0.15, -0.1) is 0 Å². The number of rotatable bonds is 2. The molecule has 7 unspecified atom stereocenters. The highest BCUT2D eigenvalue weighted by molar-refractivity contribution is 5.76. The molecule has 3 aliphatic rings. The molecule has 1 saturated heterocycles. The lowest BCUT2D eigenvalue weighted by Crippen LogP contribution is -2.38. The SMILES string of the molecule is C=C1CC(OC(=O)C(C)C)C2C(C)C(=O)OC2C2C(=C)C(O)CC12. The van der Waals surface area contributed by atoms with Crippen molar-refractivity contribution in [2.24, 2.45) is 29.6 Å². The molecule has 5 nitrogen and oxygen atoms in total. The number of aliphatic hydroxyl groups excluding tert-OH is 1. The van der Waals surface area contributed by atoms with Crippen LogP contribution in [-0.4, -0.2) is 35.4 Å². The van der Waals surface area contributed by atoms with Crippen LogP contribution in [0, 0.1) is 29.6 Å². The Hall–Kier alpha value is -1.62. The zero-order valence-electron chi connectivity index (χ0n) is 14.5. The van der Waals surface area contributed by atoms with Crippen LogP contribution in [0.2, 0.25) is 0 Å². The number of esters is 2. The van der Waals surface area contributed by atoms with Gasteiger partial charge in [-0.1, -0.05) is 39.5 Å². The van der Waals surface area contributed by atoms with Gasteiger partial charge in [0.25, 0.3) is 0 Å². The molecule has 132 valence electrons. The molecule has 24 heavy (non-hydrogen) atoms. The van der Waals surface area contributed by atoms with E-state index in [0.717, 1.165) is 5.57 Å². The monoisotopic (exact) mass is 334 g/mol. The molecule has 2 saturated carbocycles. The van der Waals surface area contributed by atoms with Crippen LogP contribution in [0.5, 0.6) is 0 Å². The molecule has 0 amide bonds. The Morgan fingerprint density at radius 1 is 1.38 bits per heavy atom. The van der Waals surface area contributed by atoms with Gasteiger partial charge in [0.15, 0.2) is 0 Å². The average molecular weight is 334 g/mol. The van der Waals surface area contributed by atoms with Crippen molar-refractivity contribution >= 4 is 11.9 Å². The van der Waals surface area contributed by atoms with Crippen LogP contribution in [0.1, 0.15) is 33.6 Å². The van der Waals surface area contributed by atoms with Gasteiger partial charge in [-0.3, -0.25) is 9.59 Å².